The fourth-order valence-corrected chi connectivity index (χ4v) is 1.92. The van der Waals surface area contributed by atoms with Crippen LogP contribution in [0.2, 0.25) is 0 Å². The molecule has 0 aliphatic heterocycles. The van der Waals surface area contributed by atoms with Crippen LogP contribution in [0.25, 0.3) is 0 Å². The van der Waals surface area contributed by atoms with Crippen LogP contribution in [0.3, 0.4) is 0 Å². The number of hydrazone groups is 1. The molecule has 0 heterocycles. The molecule has 7 nitrogen and oxygen atoms in total. The molecule has 1 aliphatic rings. The van der Waals surface area contributed by atoms with E-state index in [9.17, 15) is 19.7 Å². The molecule has 1 aliphatic carbocycles. The van der Waals surface area contributed by atoms with Gasteiger partial charge in [-0.05, 0) is 25.0 Å². The number of hydrogen-bond donors (Lipinski definition) is 1. The van der Waals surface area contributed by atoms with Gasteiger partial charge in [0.25, 0.3) is 11.6 Å². The van der Waals surface area contributed by atoms with E-state index in [1.54, 1.807) is 0 Å². The highest BCUT2D eigenvalue weighted by Crippen LogP contribution is 2.13. The van der Waals surface area contributed by atoms with Crippen molar-refractivity contribution in [2.75, 3.05) is 0 Å². The summed E-state index contributed by atoms with van der Waals surface area (Å²) in [6.07, 6.45) is 2.30. The lowest BCUT2D eigenvalue weighted by atomic mass is 9.97. The second kappa shape index (κ2) is 6.05. The minimum atomic E-state index is -0.532. The van der Waals surface area contributed by atoms with E-state index in [0.29, 0.717) is 18.6 Å². The monoisotopic (exact) mass is 275 g/mol. The number of ketones is 1. The van der Waals surface area contributed by atoms with Crippen LogP contribution in [-0.2, 0) is 4.79 Å². The van der Waals surface area contributed by atoms with E-state index in [4.69, 9.17) is 0 Å². The molecule has 1 aromatic carbocycles. The van der Waals surface area contributed by atoms with Crippen molar-refractivity contribution in [3.8, 4) is 0 Å². The van der Waals surface area contributed by atoms with Gasteiger partial charge in [-0.1, -0.05) is 0 Å². The molecular formula is C13H13N3O4. The van der Waals surface area contributed by atoms with Crippen molar-refractivity contribution in [3.05, 3.63) is 39.9 Å². The molecule has 104 valence electrons. The molecule has 0 atom stereocenters. The van der Waals surface area contributed by atoms with Gasteiger partial charge in [-0.25, -0.2) is 5.43 Å². The third kappa shape index (κ3) is 3.47. The number of carbonyl (C=O) groups excluding carboxylic acids is 2. The summed E-state index contributed by atoms with van der Waals surface area (Å²) in [4.78, 5) is 33.0. The second-order valence-corrected chi connectivity index (χ2v) is 4.49. The van der Waals surface area contributed by atoms with Crippen LogP contribution in [0.4, 0.5) is 5.69 Å². The number of rotatable bonds is 3. The Hall–Kier alpha value is -2.57. The van der Waals surface area contributed by atoms with Crippen molar-refractivity contribution in [2.45, 2.75) is 25.7 Å². The van der Waals surface area contributed by atoms with Crippen LogP contribution in [0, 0.1) is 10.1 Å². The molecule has 2 rings (SSSR count). The topological polar surface area (TPSA) is 102 Å². The Bertz CT molecular complexity index is 578. The van der Waals surface area contributed by atoms with Gasteiger partial charge in [0.2, 0.25) is 0 Å². The van der Waals surface area contributed by atoms with Crippen LogP contribution in [-0.4, -0.2) is 22.3 Å². The number of non-ortho nitro benzene ring substituents is 1. The molecule has 0 radical (unpaired) electrons. The molecule has 0 aromatic heterocycles. The quantitative estimate of drug-likeness (QED) is 0.671. The fourth-order valence-electron chi connectivity index (χ4n) is 1.92. The zero-order valence-corrected chi connectivity index (χ0v) is 10.7. The maximum atomic E-state index is 11.8. The first-order valence-electron chi connectivity index (χ1n) is 6.18. The molecule has 1 N–H and O–H groups in total. The molecule has 7 heteroatoms. The maximum Gasteiger partial charge on any atom is 0.271 e. The summed E-state index contributed by atoms with van der Waals surface area (Å²) in [6, 6.07) is 5.23. The third-order valence-corrected chi connectivity index (χ3v) is 2.98. The summed E-state index contributed by atoms with van der Waals surface area (Å²) in [5.74, 6) is -0.329. The Morgan fingerprint density at radius 2 is 1.95 bits per heavy atom. The average molecular weight is 275 g/mol. The predicted octanol–water partition coefficient (Wildman–Crippen LogP) is 1.82. The largest absolute Gasteiger partial charge is 0.299 e. The predicted molar refractivity (Wildman–Crippen MR) is 71.5 cm³/mol. The standard InChI is InChI=1S/C13H13N3O4/c17-12-3-1-2-10(8-12)14-15-13(18)9-4-6-11(7-5-9)16(19)20/h4-7H,1-3,8H2,(H,15,18). The normalized spacial score (nSPS) is 17.0. The van der Waals surface area contributed by atoms with Crippen LogP contribution in [0.1, 0.15) is 36.0 Å². The lowest BCUT2D eigenvalue weighted by Crippen LogP contribution is -2.22. The number of nitrogens with one attached hydrogen (secondary N) is 1. The van der Waals surface area contributed by atoms with Crippen molar-refractivity contribution < 1.29 is 14.5 Å². The first-order chi connectivity index (χ1) is 9.56. The third-order valence-electron chi connectivity index (χ3n) is 2.98. The number of nitro groups is 1. The van der Waals surface area contributed by atoms with Gasteiger partial charge in [-0.3, -0.25) is 19.7 Å². The van der Waals surface area contributed by atoms with E-state index in [1.165, 1.54) is 24.3 Å². The number of nitro benzene ring substituents is 1. The highest BCUT2D eigenvalue weighted by molar-refractivity contribution is 6.04. The summed E-state index contributed by atoms with van der Waals surface area (Å²) in [6.45, 7) is 0. The Labute approximate surface area is 114 Å². The van der Waals surface area contributed by atoms with Crippen molar-refractivity contribution in [1.29, 1.82) is 0 Å². The Kier molecular flexibility index (Phi) is 4.19. The van der Waals surface area contributed by atoms with Gasteiger partial charge < -0.3 is 0 Å². The number of carbonyl (C=O) groups is 2. The van der Waals surface area contributed by atoms with Crippen LogP contribution in [0.5, 0.6) is 0 Å². The summed E-state index contributed by atoms with van der Waals surface area (Å²) < 4.78 is 0. The molecular weight excluding hydrogens is 262 g/mol. The number of nitrogens with zero attached hydrogens (tertiary/aromatic N) is 2. The van der Waals surface area contributed by atoms with Gasteiger partial charge in [0.05, 0.1) is 4.92 Å². The highest BCUT2D eigenvalue weighted by atomic mass is 16.6. The Morgan fingerprint density at radius 3 is 2.55 bits per heavy atom. The lowest BCUT2D eigenvalue weighted by Gasteiger charge is -2.11. The number of benzene rings is 1. The first-order valence-corrected chi connectivity index (χ1v) is 6.18. The minimum absolute atomic E-state index is 0.0780. The summed E-state index contributed by atoms with van der Waals surface area (Å²) in [7, 11) is 0. The zero-order chi connectivity index (χ0) is 14.5. The molecule has 1 aromatic rings. The van der Waals surface area contributed by atoms with Gasteiger partial charge >= 0.3 is 0 Å². The van der Waals surface area contributed by atoms with E-state index in [1.807, 2.05) is 0 Å². The summed E-state index contributed by atoms with van der Waals surface area (Å²) >= 11 is 0. The molecule has 0 unspecified atom stereocenters. The number of Topliss-reactive ketones (excluding diaryl/α,β-unsaturated/α-hetero) is 1. The van der Waals surface area contributed by atoms with Gasteiger partial charge in [0.1, 0.15) is 5.78 Å². The van der Waals surface area contributed by atoms with Gasteiger partial charge in [0, 0.05) is 36.2 Å². The Balaban J connectivity index is 1.99. The summed E-state index contributed by atoms with van der Waals surface area (Å²) in [5.41, 5.74) is 3.23. The van der Waals surface area contributed by atoms with Crippen molar-refractivity contribution >= 4 is 23.1 Å². The van der Waals surface area contributed by atoms with Crippen LogP contribution in [0.15, 0.2) is 29.4 Å². The van der Waals surface area contributed by atoms with E-state index >= 15 is 0 Å². The lowest BCUT2D eigenvalue weighted by molar-refractivity contribution is -0.384. The molecule has 20 heavy (non-hydrogen) atoms. The maximum absolute atomic E-state index is 11.8. The molecule has 1 saturated carbocycles. The molecule has 0 spiro atoms. The summed E-state index contributed by atoms with van der Waals surface area (Å²) in [5, 5.41) is 14.4. The minimum Gasteiger partial charge on any atom is -0.299 e. The average Bonchev–Trinajstić information content (AvgIpc) is 2.45. The first kappa shape index (κ1) is 13.9. The number of amides is 1. The zero-order valence-electron chi connectivity index (χ0n) is 10.7. The van der Waals surface area contributed by atoms with E-state index < -0.39 is 10.8 Å². The molecule has 1 amide bonds. The highest BCUT2D eigenvalue weighted by Gasteiger charge is 2.15. The van der Waals surface area contributed by atoms with E-state index in [2.05, 4.69) is 10.5 Å². The van der Waals surface area contributed by atoms with Crippen LogP contribution < -0.4 is 5.43 Å². The molecule has 0 bridgehead atoms. The molecule has 1 fully saturated rings. The van der Waals surface area contributed by atoms with Crippen molar-refractivity contribution in [1.82, 2.24) is 5.43 Å². The van der Waals surface area contributed by atoms with Crippen molar-refractivity contribution in [3.63, 3.8) is 0 Å². The second-order valence-electron chi connectivity index (χ2n) is 4.49. The number of hydrogen-bond acceptors (Lipinski definition) is 5. The van der Waals surface area contributed by atoms with Crippen molar-refractivity contribution in [2.24, 2.45) is 5.10 Å². The van der Waals surface area contributed by atoms with Gasteiger partial charge in [0.15, 0.2) is 0 Å². The fraction of sp³-hybridized carbons (Fsp3) is 0.308. The van der Waals surface area contributed by atoms with E-state index in [-0.39, 0.29) is 23.5 Å². The SMILES string of the molecule is O=C1CCCC(=NNC(=O)c2ccc([N+](=O)[O-])cc2)C1. The molecule has 0 saturated heterocycles. The van der Waals surface area contributed by atoms with Crippen LogP contribution >= 0.6 is 0 Å². The van der Waals surface area contributed by atoms with E-state index in [0.717, 1.165) is 6.42 Å². The van der Waals surface area contributed by atoms with Gasteiger partial charge in [-0.2, -0.15) is 5.10 Å². The smallest absolute Gasteiger partial charge is 0.271 e. The Morgan fingerprint density at radius 1 is 1.25 bits per heavy atom. The van der Waals surface area contributed by atoms with Gasteiger partial charge in [-0.15, -0.1) is 0 Å².